The monoisotopic (exact) mass is 581 g/mol. The number of nitrogens with one attached hydrogen (secondary N) is 4. The fourth-order valence-electron chi connectivity index (χ4n) is 6.02. The van der Waals surface area contributed by atoms with E-state index in [0.717, 1.165) is 69.2 Å². The normalized spacial score (nSPS) is 15.9. The van der Waals surface area contributed by atoms with Crippen LogP contribution in [0.5, 0.6) is 0 Å². The van der Waals surface area contributed by atoms with E-state index in [4.69, 9.17) is 14.7 Å². The number of amides is 2. The SMILES string of the molecule is CCCN(Cc1nc2ccc(-c3ccc4c(ccc5nc(C6CCCN6)[nH]c54)c3)cc2[nH]1)C(=O)C(NC(=O)OC)C(C)C. The van der Waals surface area contributed by atoms with Crippen molar-refractivity contribution in [2.75, 3.05) is 20.2 Å². The number of imidazole rings is 2. The molecule has 1 saturated heterocycles. The zero-order chi connectivity index (χ0) is 30.1. The molecule has 10 heteroatoms. The lowest BCUT2D eigenvalue weighted by molar-refractivity contribution is -0.135. The summed E-state index contributed by atoms with van der Waals surface area (Å²) < 4.78 is 4.74. The van der Waals surface area contributed by atoms with Gasteiger partial charge in [-0.15, -0.1) is 0 Å². The van der Waals surface area contributed by atoms with Crippen molar-refractivity contribution in [3.63, 3.8) is 0 Å². The third-order valence-corrected chi connectivity index (χ3v) is 8.28. The molecule has 224 valence electrons. The Morgan fingerprint density at radius 1 is 1.05 bits per heavy atom. The zero-order valence-corrected chi connectivity index (χ0v) is 25.2. The van der Waals surface area contributed by atoms with Gasteiger partial charge >= 0.3 is 6.09 Å². The Bertz CT molecular complexity index is 1780. The summed E-state index contributed by atoms with van der Waals surface area (Å²) in [7, 11) is 1.30. The van der Waals surface area contributed by atoms with Gasteiger partial charge in [0.15, 0.2) is 0 Å². The van der Waals surface area contributed by atoms with Gasteiger partial charge in [0.05, 0.1) is 41.8 Å². The van der Waals surface area contributed by atoms with Gasteiger partial charge in [-0.05, 0) is 72.5 Å². The Labute approximate surface area is 250 Å². The fraction of sp³-hybridized carbons (Fsp3) is 0.394. The molecular formula is C33H39N7O3. The number of fused-ring (bicyclic) bond motifs is 4. The summed E-state index contributed by atoms with van der Waals surface area (Å²) in [4.78, 5) is 43.7. The number of ether oxygens (including phenoxy) is 1. The average Bonchev–Trinajstić information content (AvgIpc) is 3.77. The van der Waals surface area contributed by atoms with E-state index in [9.17, 15) is 9.59 Å². The molecule has 3 heterocycles. The number of H-pyrrole nitrogens is 2. The zero-order valence-electron chi connectivity index (χ0n) is 25.2. The summed E-state index contributed by atoms with van der Waals surface area (Å²) in [5, 5.41) is 8.52. The number of rotatable bonds is 9. The van der Waals surface area contributed by atoms with Crippen LogP contribution < -0.4 is 10.6 Å². The van der Waals surface area contributed by atoms with E-state index < -0.39 is 12.1 Å². The molecule has 0 bridgehead atoms. The van der Waals surface area contributed by atoms with Crippen molar-refractivity contribution in [2.24, 2.45) is 5.92 Å². The Morgan fingerprint density at radius 2 is 1.84 bits per heavy atom. The number of nitrogens with zero attached hydrogens (tertiary/aromatic N) is 3. The minimum absolute atomic E-state index is 0.0955. The lowest BCUT2D eigenvalue weighted by Crippen LogP contribution is -2.51. The van der Waals surface area contributed by atoms with E-state index >= 15 is 0 Å². The first kappa shape index (κ1) is 28.7. The minimum Gasteiger partial charge on any atom is -0.453 e. The van der Waals surface area contributed by atoms with E-state index in [1.807, 2.05) is 26.8 Å². The predicted octanol–water partition coefficient (Wildman–Crippen LogP) is 5.80. The van der Waals surface area contributed by atoms with E-state index in [1.54, 1.807) is 4.90 Å². The maximum atomic E-state index is 13.4. The van der Waals surface area contributed by atoms with Gasteiger partial charge in [-0.2, -0.15) is 0 Å². The summed E-state index contributed by atoms with van der Waals surface area (Å²) in [6, 6.07) is 16.6. The van der Waals surface area contributed by atoms with Crippen molar-refractivity contribution in [2.45, 2.75) is 58.7 Å². The number of carbonyl (C=O) groups excluding carboxylic acids is 2. The van der Waals surface area contributed by atoms with Crippen LogP contribution in [0.2, 0.25) is 0 Å². The molecular weight excluding hydrogens is 542 g/mol. The molecule has 0 radical (unpaired) electrons. The minimum atomic E-state index is -0.683. The highest BCUT2D eigenvalue weighted by molar-refractivity contribution is 6.05. The summed E-state index contributed by atoms with van der Waals surface area (Å²) in [6.45, 7) is 7.73. The summed E-state index contributed by atoms with van der Waals surface area (Å²) in [6.07, 6.45) is 2.45. The van der Waals surface area contributed by atoms with Gasteiger partial charge in [0.2, 0.25) is 5.91 Å². The first-order valence-electron chi connectivity index (χ1n) is 15.1. The molecule has 4 N–H and O–H groups in total. The van der Waals surface area contributed by atoms with Crippen molar-refractivity contribution in [1.29, 1.82) is 0 Å². The summed E-state index contributed by atoms with van der Waals surface area (Å²) >= 11 is 0. The molecule has 2 aromatic heterocycles. The van der Waals surface area contributed by atoms with Gasteiger partial charge < -0.3 is 30.2 Å². The molecule has 0 saturated carbocycles. The topological polar surface area (TPSA) is 128 Å². The number of alkyl carbamates (subject to hydrolysis) is 1. The molecule has 2 atom stereocenters. The van der Waals surface area contributed by atoms with Crippen molar-refractivity contribution < 1.29 is 14.3 Å². The first-order valence-corrected chi connectivity index (χ1v) is 15.1. The quantitative estimate of drug-likeness (QED) is 0.174. The molecule has 0 aliphatic carbocycles. The molecule has 1 fully saturated rings. The third kappa shape index (κ3) is 5.79. The fourth-order valence-corrected chi connectivity index (χ4v) is 6.02. The second-order valence-corrected chi connectivity index (χ2v) is 11.7. The lowest BCUT2D eigenvalue weighted by Gasteiger charge is -2.28. The Hall–Kier alpha value is -4.44. The van der Waals surface area contributed by atoms with E-state index in [0.29, 0.717) is 25.0 Å². The molecule has 43 heavy (non-hydrogen) atoms. The highest BCUT2D eigenvalue weighted by atomic mass is 16.5. The first-order chi connectivity index (χ1) is 20.8. The van der Waals surface area contributed by atoms with E-state index in [-0.39, 0.29) is 11.8 Å². The highest BCUT2D eigenvalue weighted by Crippen LogP contribution is 2.32. The standard InChI is InChI=1S/C33H39N7O3/c1-5-15-40(32(41)29(19(2)3)39-33(42)43-4)18-28-35-24-12-9-21(17-27(24)36-28)20-8-11-23-22(16-20)10-13-25-30(23)38-31(37-25)26-7-6-14-34-26/h8-13,16-17,19,26,29,34H,5-7,14-15,18H2,1-4H3,(H,35,36)(H,37,38)(H,39,42). The highest BCUT2D eigenvalue weighted by Gasteiger charge is 2.29. The number of carbonyl (C=O) groups is 2. The molecule has 10 nitrogen and oxygen atoms in total. The largest absolute Gasteiger partial charge is 0.453 e. The Morgan fingerprint density at radius 3 is 2.58 bits per heavy atom. The van der Waals surface area contributed by atoms with Crippen LogP contribution in [0.25, 0.3) is 44.0 Å². The maximum absolute atomic E-state index is 13.4. The van der Waals surface area contributed by atoms with Crippen molar-refractivity contribution in [1.82, 2.24) is 35.5 Å². The number of aromatic nitrogens is 4. The number of methoxy groups -OCH3 is 1. The van der Waals surface area contributed by atoms with Gasteiger partial charge in [0.1, 0.15) is 17.7 Å². The predicted molar refractivity (Wildman–Crippen MR) is 169 cm³/mol. The number of hydrogen-bond acceptors (Lipinski definition) is 6. The van der Waals surface area contributed by atoms with Crippen LogP contribution in [0.15, 0.2) is 48.5 Å². The molecule has 2 amide bonds. The van der Waals surface area contributed by atoms with Crippen LogP contribution >= 0.6 is 0 Å². The van der Waals surface area contributed by atoms with Crippen LogP contribution in [-0.2, 0) is 16.1 Å². The van der Waals surface area contributed by atoms with Gasteiger partial charge in [0, 0.05) is 11.9 Å². The van der Waals surface area contributed by atoms with Crippen molar-refractivity contribution in [3.05, 3.63) is 60.2 Å². The average molecular weight is 582 g/mol. The van der Waals surface area contributed by atoms with Gasteiger partial charge in [-0.3, -0.25) is 4.79 Å². The molecule has 1 aliphatic rings. The Balaban J connectivity index is 1.25. The second-order valence-electron chi connectivity index (χ2n) is 11.7. The van der Waals surface area contributed by atoms with Crippen LogP contribution in [0, 0.1) is 5.92 Å². The molecule has 0 spiro atoms. The van der Waals surface area contributed by atoms with Gasteiger partial charge in [-0.1, -0.05) is 45.0 Å². The molecule has 2 unspecified atom stereocenters. The molecule has 3 aromatic carbocycles. The summed E-state index contributed by atoms with van der Waals surface area (Å²) in [5.74, 6) is 1.46. The smallest absolute Gasteiger partial charge is 0.407 e. The van der Waals surface area contributed by atoms with Crippen molar-refractivity contribution >= 4 is 44.8 Å². The van der Waals surface area contributed by atoms with Gasteiger partial charge in [-0.25, -0.2) is 14.8 Å². The third-order valence-electron chi connectivity index (χ3n) is 8.28. The van der Waals surface area contributed by atoms with Crippen LogP contribution in [0.3, 0.4) is 0 Å². The molecule has 6 rings (SSSR count). The second kappa shape index (κ2) is 12.0. The number of hydrogen-bond donors (Lipinski definition) is 4. The maximum Gasteiger partial charge on any atom is 0.407 e. The van der Waals surface area contributed by atoms with Gasteiger partial charge in [0.25, 0.3) is 0 Å². The Kier molecular flexibility index (Phi) is 8.03. The molecule has 5 aromatic rings. The lowest BCUT2D eigenvalue weighted by atomic mass is 10.0. The van der Waals surface area contributed by atoms with Crippen LogP contribution in [0.1, 0.15) is 57.7 Å². The summed E-state index contributed by atoms with van der Waals surface area (Å²) in [5.41, 5.74) is 6.00. The van der Waals surface area contributed by atoms with Crippen LogP contribution in [0.4, 0.5) is 4.79 Å². The van der Waals surface area contributed by atoms with Crippen molar-refractivity contribution in [3.8, 4) is 11.1 Å². The van der Waals surface area contributed by atoms with E-state index in [1.165, 1.54) is 13.5 Å². The number of aromatic amines is 2. The number of benzene rings is 3. The van der Waals surface area contributed by atoms with Crippen LogP contribution in [-0.4, -0.2) is 63.1 Å². The molecule has 1 aliphatic heterocycles. The van der Waals surface area contributed by atoms with E-state index in [2.05, 4.69) is 63.1 Å².